The Kier molecular flexibility index (Phi) is 4.04. The van der Waals surface area contributed by atoms with E-state index in [4.69, 9.17) is 10.7 Å². The lowest BCUT2D eigenvalue weighted by Crippen LogP contribution is -2.06. The minimum atomic E-state index is 0.0991. The molecular formula is C9H10N4O. The second-order valence-electron chi connectivity index (χ2n) is 2.72. The molecule has 0 saturated heterocycles. The van der Waals surface area contributed by atoms with Crippen LogP contribution in [-0.2, 0) is 6.42 Å². The molecule has 1 aromatic carbocycles. The highest BCUT2D eigenvalue weighted by Crippen LogP contribution is 2.01. The van der Waals surface area contributed by atoms with E-state index in [2.05, 4.69) is 15.2 Å². The van der Waals surface area contributed by atoms with Crippen LogP contribution in [0.2, 0.25) is 0 Å². The van der Waals surface area contributed by atoms with Gasteiger partial charge in [0.2, 0.25) is 0 Å². The minimum absolute atomic E-state index is 0.0991. The Morgan fingerprint density at radius 3 is 2.64 bits per heavy atom. The van der Waals surface area contributed by atoms with Gasteiger partial charge in [-0.15, -0.1) is 0 Å². The smallest absolute Gasteiger partial charge is 0.0681 e. The van der Waals surface area contributed by atoms with E-state index in [0.717, 1.165) is 5.56 Å². The number of hydrogen-bond donors (Lipinski definition) is 1. The van der Waals surface area contributed by atoms with E-state index in [-0.39, 0.29) is 6.54 Å². The van der Waals surface area contributed by atoms with Crippen molar-refractivity contribution in [1.29, 1.82) is 0 Å². The number of nitrogens with zero attached hydrogens (tertiary/aromatic N) is 4. The van der Waals surface area contributed by atoms with Gasteiger partial charge in [0.05, 0.1) is 12.3 Å². The molecular weight excluding hydrogens is 180 g/mol. The van der Waals surface area contributed by atoms with Gasteiger partial charge >= 0.3 is 0 Å². The Labute approximate surface area is 81.3 Å². The van der Waals surface area contributed by atoms with Crippen LogP contribution in [-0.4, -0.2) is 17.5 Å². The SMILES string of the molecule is [N-]=[N+]=NC/C(Cc1ccccc1)=N/O. The quantitative estimate of drug-likeness (QED) is 0.194. The fourth-order valence-electron chi connectivity index (χ4n) is 1.07. The van der Waals surface area contributed by atoms with Crippen LogP contribution >= 0.6 is 0 Å². The Morgan fingerprint density at radius 1 is 1.36 bits per heavy atom. The topological polar surface area (TPSA) is 81.4 Å². The summed E-state index contributed by atoms with van der Waals surface area (Å²) in [7, 11) is 0. The average Bonchev–Trinajstić information content (AvgIpc) is 2.25. The molecule has 0 saturated carbocycles. The molecule has 5 nitrogen and oxygen atoms in total. The lowest BCUT2D eigenvalue weighted by Gasteiger charge is -2.00. The van der Waals surface area contributed by atoms with E-state index in [0.29, 0.717) is 12.1 Å². The molecule has 0 amide bonds. The Morgan fingerprint density at radius 2 is 2.07 bits per heavy atom. The second-order valence-corrected chi connectivity index (χ2v) is 2.72. The normalized spacial score (nSPS) is 10.7. The molecule has 1 aromatic rings. The van der Waals surface area contributed by atoms with E-state index in [1.807, 2.05) is 30.3 Å². The van der Waals surface area contributed by atoms with Gasteiger partial charge in [0, 0.05) is 11.3 Å². The van der Waals surface area contributed by atoms with Crippen molar-refractivity contribution in [2.24, 2.45) is 10.3 Å². The first-order chi connectivity index (χ1) is 6.86. The van der Waals surface area contributed by atoms with Gasteiger partial charge in [-0.2, -0.15) is 0 Å². The van der Waals surface area contributed by atoms with Crippen LogP contribution in [0, 0.1) is 0 Å². The molecule has 5 heteroatoms. The molecule has 0 radical (unpaired) electrons. The van der Waals surface area contributed by atoms with Crippen molar-refractivity contribution in [3.05, 3.63) is 46.3 Å². The zero-order valence-electron chi connectivity index (χ0n) is 7.54. The summed E-state index contributed by atoms with van der Waals surface area (Å²) in [6.45, 7) is 0.0991. The summed E-state index contributed by atoms with van der Waals surface area (Å²) < 4.78 is 0. The van der Waals surface area contributed by atoms with Crippen molar-refractivity contribution in [2.75, 3.05) is 6.54 Å². The third-order valence-corrected chi connectivity index (χ3v) is 1.71. The molecule has 0 atom stereocenters. The van der Waals surface area contributed by atoms with E-state index in [1.165, 1.54) is 0 Å². The van der Waals surface area contributed by atoms with Crippen molar-refractivity contribution in [3.8, 4) is 0 Å². The van der Waals surface area contributed by atoms with Gasteiger partial charge in [-0.1, -0.05) is 40.6 Å². The van der Waals surface area contributed by atoms with Gasteiger partial charge in [-0.3, -0.25) is 0 Å². The summed E-state index contributed by atoms with van der Waals surface area (Å²) in [5.74, 6) is 0. The summed E-state index contributed by atoms with van der Waals surface area (Å²) >= 11 is 0. The maximum atomic E-state index is 8.62. The van der Waals surface area contributed by atoms with Gasteiger partial charge in [-0.05, 0) is 11.1 Å². The van der Waals surface area contributed by atoms with Crippen molar-refractivity contribution in [3.63, 3.8) is 0 Å². The van der Waals surface area contributed by atoms with Crippen LogP contribution in [0.3, 0.4) is 0 Å². The predicted molar refractivity (Wildman–Crippen MR) is 53.4 cm³/mol. The number of rotatable bonds is 4. The maximum absolute atomic E-state index is 8.62. The summed E-state index contributed by atoms with van der Waals surface area (Å²) in [4.78, 5) is 2.60. The maximum Gasteiger partial charge on any atom is 0.0681 e. The van der Waals surface area contributed by atoms with Crippen molar-refractivity contribution in [1.82, 2.24) is 0 Å². The van der Waals surface area contributed by atoms with Crippen LogP contribution in [0.4, 0.5) is 0 Å². The fraction of sp³-hybridized carbons (Fsp3) is 0.222. The van der Waals surface area contributed by atoms with E-state index in [1.54, 1.807) is 0 Å². The molecule has 14 heavy (non-hydrogen) atoms. The molecule has 0 unspecified atom stereocenters. The van der Waals surface area contributed by atoms with Crippen molar-refractivity contribution < 1.29 is 5.21 Å². The molecule has 0 aliphatic heterocycles. The molecule has 1 N–H and O–H groups in total. The summed E-state index contributed by atoms with van der Waals surface area (Å²) in [5.41, 5.74) is 9.57. The summed E-state index contributed by atoms with van der Waals surface area (Å²) in [6.07, 6.45) is 0.496. The molecule has 0 heterocycles. The molecule has 0 spiro atoms. The Balaban J connectivity index is 2.62. The number of azide groups is 1. The third kappa shape index (κ3) is 3.16. The van der Waals surface area contributed by atoms with Crippen LogP contribution in [0.25, 0.3) is 10.4 Å². The van der Waals surface area contributed by atoms with Gasteiger partial charge < -0.3 is 5.21 Å². The monoisotopic (exact) mass is 190 g/mol. The number of oxime groups is 1. The zero-order valence-corrected chi connectivity index (χ0v) is 7.54. The highest BCUT2D eigenvalue weighted by molar-refractivity contribution is 5.87. The molecule has 0 aliphatic carbocycles. The highest BCUT2D eigenvalue weighted by Gasteiger charge is 1.99. The molecule has 0 aliphatic rings. The van der Waals surface area contributed by atoms with E-state index in [9.17, 15) is 0 Å². The van der Waals surface area contributed by atoms with Gasteiger partial charge in [-0.25, -0.2) is 0 Å². The van der Waals surface area contributed by atoms with E-state index < -0.39 is 0 Å². The lowest BCUT2D eigenvalue weighted by atomic mass is 10.1. The van der Waals surface area contributed by atoms with Gasteiger partial charge in [0.15, 0.2) is 0 Å². The first-order valence-electron chi connectivity index (χ1n) is 4.11. The van der Waals surface area contributed by atoms with Crippen molar-refractivity contribution in [2.45, 2.75) is 6.42 Å². The standard InChI is InChI=1S/C9H10N4O/c10-13-11-7-9(12-14)6-8-4-2-1-3-5-8/h1-5,14H,6-7H2/b12-9+. The highest BCUT2D eigenvalue weighted by atomic mass is 16.4. The van der Waals surface area contributed by atoms with Gasteiger partial charge in [0.25, 0.3) is 0 Å². The van der Waals surface area contributed by atoms with Crippen molar-refractivity contribution >= 4 is 5.71 Å². The lowest BCUT2D eigenvalue weighted by molar-refractivity contribution is 0.317. The third-order valence-electron chi connectivity index (χ3n) is 1.71. The summed E-state index contributed by atoms with van der Waals surface area (Å²) in [5, 5.41) is 15.0. The second kappa shape index (κ2) is 5.61. The van der Waals surface area contributed by atoms with Crippen LogP contribution in [0.15, 0.2) is 40.6 Å². The molecule has 1 rings (SSSR count). The van der Waals surface area contributed by atoms with Crippen LogP contribution in [0.1, 0.15) is 5.56 Å². The molecule has 72 valence electrons. The first-order valence-corrected chi connectivity index (χ1v) is 4.11. The summed E-state index contributed by atoms with van der Waals surface area (Å²) in [6, 6.07) is 9.55. The molecule has 0 aromatic heterocycles. The Bertz CT molecular complexity index is 354. The number of benzene rings is 1. The average molecular weight is 190 g/mol. The van der Waals surface area contributed by atoms with E-state index >= 15 is 0 Å². The number of hydrogen-bond acceptors (Lipinski definition) is 3. The zero-order chi connectivity index (χ0) is 10.2. The predicted octanol–water partition coefficient (Wildman–Crippen LogP) is 2.37. The first kappa shape index (κ1) is 10.1. The largest absolute Gasteiger partial charge is 0.411 e. The van der Waals surface area contributed by atoms with Crippen LogP contribution < -0.4 is 0 Å². The fourth-order valence-corrected chi connectivity index (χ4v) is 1.07. The molecule has 0 fully saturated rings. The minimum Gasteiger partial charge on any atom is -0.411 e. The van der Waals surface area contributed by atoms with Gasteiger partial charge in [0.1, 0.15) is 0 Å². The molecule has 0 bridgehead atoms. The Hall–Kier alpha value is -2.00. The van der Waals surface area contributed by atoms with Crippen LogP contribution in [0.5, 0.6) is 0 Å².